The molecule has 0 fully saturated rings. The standard InChI is InChI=1S/C15H20O2/c1-2-10-17-15-9-4-3-8-14(15)12-6-5-7-13(16)11-12/h3-4,8-9,11,13,16H,2,5-7,10H2,1H3. The first-order chi connectivity index (χ1) is 8.31. The Morgan fingerprint density at radius 2 is 2.18 bits per heavy atom. The third-order valence-corrected chi connectivity index (χ3v) is 3.03. The summed E-state index contributed by atoms with van der Waals surface area (Å²) < 4.78 is 5.75. The summed E-state index contributed by atoms with van der Waals surface area (Å²) >= 11 is 0. The van der Waals surface area contributed by atoms with Crippen LogP contribution in [0.25, 0.3) is 5.57 Å². The maximum absolute atomic E-state index is 9.69. The molecule has 1 aromatic rings. The van der Waals surface area contributed by atoms with Gasteiger partial charge in [0.15, 0.2) is 0 Å². The summed E-state index contributed by atoms with van der Waals surface area (Å²) in [4.78, 5) is 0. The topological polar surface area (TPSA) is 29.5 Å². The molecule has 1 N–H and O–H groups in total. The second kappa shape index (κ2) is 5.87. The van der Waals surface area contributed by atoms with Crippen LogP contribution in [0.2, 0.25) is 0 Å². The van der Waals surface area contributed by atoms with Crippen LogP contribution in [0.15, 0.2) is 30.3 Å². The van der Waals surface area contributed by atoms with Gasteiger partial charge < -0.3 is 9.84 Å². The van der Waals surface area contributed by atoms with Crippen LogP contribution >= 0.6 is 0 Å². The van der Waals surface area contributed by atoms with E-state index in [-0.39, 0.29) is 6.10 Å². The summed E-state index contributed by atoms with van der Waals surface area (Å²) in [6.45, 7) is 2.85. The Labute approximate surface area is 103 Å². The van der Waals surface area contributed by atoms with Crippen molar-refractivity contribution in [1.82, 2.24) is 0 Å². The number of ether oxygens (including phenoxy) is 1. The van der Waals surface area contributed by atoms with Crippen molar-refractivity contribution in [1.29, 1.82) is 0 Å². The number of aliphatic hydroxyl groups is 1. The molecule has 1 unspecified atom stereocenters. The predicted octanol–water partition coefficient (Wildman–Crippen LogP) is 3.40. The molecule has 2 nitrogen and oxygen atoms in total. The fraction of sp³-hybridized carbons (Fsp3) is 0.467. The minimum absolute atomic E-state index is 0.294. The van der Waals surface area contributed by atoms with Crippen LogP contribution in [-0.4, -0.2) is 17.8 Å². The lowest BCUT2D eigenvalue weighted by Crippen LogP contribution is -2.09. The van der Waals surface area contributed by atoms with Crippen LogP contribution < -0.4 is 4.74 Å². The average molecular weight is 232 g/mol. The van der Waals surface area contributed by atoms with Gasteiger partial charge in [-0.3, -0.25) is 0 Å². The summed E-state index contributed by atoms with van der Waals surface area (Å²) in [6, 6.07) is 8.10. The Morgan fingerprint density at radius 1 is 1.35 bits per heavy atom. The molecule has 1 aliphatic rings. The van der Waals surface area contributed by atoms with Gasteiger partial charge in [-0.25, -0.2) is 0 Å². The zero-order valence-corrected chi connectivity index (χ0v) is 10.4. The molecule has 2 heteroatoms. The van der Waals surface area contributed by atoms with E-state index in [9.17, 15) is 5.11 Å². The summed E-state index contributed by atoms with van der Waals surface area (Å²) in [5.74, 6) is 0.940. The molecule has 0 radical (unpaired) electrons. The molecule has 17 heavy (non-hydrogen) atoms. The van der Waals surface area contributed by atoms with Gasteiger partial charge in [-0.2, -0.15) is 0 Å². The zero-order valence-electron chi connectivity index (χ0n) is 10.4. The van der Waals surface area contributed by atoms with E-state index in [4.69, 9.17) is 4.74 Å². The number of hydrogen-bond acceptors (Lipinski definition) is 2. The molecule has 1 atom stereocenters. The van der Waals surface area contributed by atoms with Gasteiger partial charge in [-0.1, -0.05) is 31.2 Å². The molecule has 0 bridgehead atoms. The van der Waals surface area contributed by atoms with Crippen molar-refractivity contribution in [2.24, 2.45) is 0 Å². The van der Waals surface area contributed by atoms with Crippen LogP contribution in [0.3, 0.4) is 0 Å². The van der Waals surface area contributed by atoms with Crippen molar-refractivity contribution in [3.05, 3.63) is 35.9 Å². The number of aliphatic hydroxyl groups excluding tert-OH is 1. The van der Waals surface area contributed by atoms with Crippen LogP contribution in [-0.2, 0) is 0 Å². The monoisotopic (exact) mass is 232 g/mol. The minimum atomic E-state index is -0.294. The molecule has 1 aliphatic carbocycles. The second-order valence-electron chi connectivity index (χ2n) is 4.50. The Morgan fingerprint density at radius 3 is 2.94 bits per heavy atom. The Bertz CT molecular complexity index is 396. The van der Waals surface area contributed by atoms with E-state index >= 15 is 0 Å². The molecule has 0 saturated heterocycles. The number of allylic oxidation sites excluding steroid dienone is 1. The summed E-state index contributed by atoms with van der Waals surface area (Å²) in [6.07, 6.45) is 5.64. The first kappa shape index (κ1) is 12.2. The molecular formula is C15H20O2. The largest absolute Gasteiger partial charge is 0.493 e. The highest BCUT2D eigenvalue weighted by molar-refractivity contribution is 5.71. The van der Waals surface area contributed by atoms with Crippen molar-refractivity contribution in [3.63, 3.8) is 0 Å². The lowest BCUT2D eigenvalue weighted by Gasteiger charge is -2.19. The smallest absolute Gasteiger partial charge is 0.126 e. The van der Waals surface area contributed by atoms with E-state index in [2.05, 4.69) is 13.0 Å². The Hall–Kier alpha value is -1.28. The van der Waals surface area contributed by atoms with Crippen molar-refractivity contribution < 1.29 is 9.84 Å². The third kappa shape index (κ3) is 3.10. The van der Waals surface area contributed by atoms with Crippen LogP contribution in [0.4, 0.5) is 0 Å². The normalized spacial score (nSPS) is 19.9. The first-order valence-electron chi connectivity index (χ1n) is 6.42. The Balaban J connectivity index is 2.24. The van der Waals surface area contributed by atoms with Crippen LogP contribution in [0, 0.1) is 0 Å². The van der Waals surface area contributed by atoms with Crippen molar-refractivity contribution >= 4 is 5.57 Å². The van der Waals surface area contributed by atoms with E-state index in [0.717, 1.165) is 43.6 Å². The molecule has 1 aromatic carbocycles. The van der Waals surface area contributed by atoms with Gasteiger partial charge >= 0.3 is 0 Å². The van der Waals surface area contributed by atoms with Gasteiger partial charge in [-0.15, -0.1) is 0 Å². The van der Waals surface area contributed by atoms with Crippen LogP contribution in [0.5, 0.6) is 5.75 Å². The molecule has 0 aliphatic heterocycles. The van der Waals surface area contributed by atoms with Gasteiger partial charge in [0, 0.05) is 5.56 Å². The molecule has 0 saturated carbocycles. The highest BCUT2D eigenvalue weighted by Gasteiger charge is 2.15. The molecule has 2 rings (SSSR count). The van der Waals surface area contributed by atoms with Gasteiger partial charge in [0.25, 0.3) is 0 Å². The van der Waals surface area contributed by atoms with Crippen LogP contribution in [0.1, 0.15) is 38.2 Å². The predicted molar refractivity (Wildman–Crippen MR) is 70.1 cm³/mol. The maximum atomic E-state index is 9.69. The molecule has 0 aromatic heterocycles. The van der Waals surface area contributed by atoms with Gasteiger partial charge in [0.2, 0.25) is 0 Å². The van der Waals surface area contributed by atoms with Crippen molar-refractivity contribution in [3.8, 4) is 5.75 Å². The number of para-hydroxylation sites is 1. The van der Waals surface area contributed by atoms with Crippen molar-refractivity contribution in [2.75, 3.05) is 6.61 Å². The lowest BCUT2D eigenvalue weighted by atomic mass is 9.92. The molecule has 0 amide bonds. The number of benzene rings is 1. The van der Waals surface area contributed by atoms with Gasteiger partial charge in [0.1, 0.15) is 5.75 Å². The zero-order chi connectivity index (χ0) is 12.1. The van der Waals surface area contributed by atoms with Crippen molar-refractivity contribution in [2.45, 2.75) is 38.7 Å². The SMILES string of the molecule is CCCOc1ccccc1C1=CC(O)CCC1. The molecule has 0 spiro atoms. The third-order valence-electron chi connectivity index (χ3n) is 3.03. The summed E-state index contributed by atoms with van der Waals surface area (Å²) in [5, 5.41) is 9.69. The second-order valence-corrected chi connectivity index (χ2v) is 4.50. The first-order valence-corrected chi connectivity index (χ1v) is 6.42. The quantitative estimate of drug-likeness (QED) is 0.862. The molecule has 0 heterocycles. The van der Waals surface area contributed by atoms with E-state index in [1.54, 1.807) is 0 Å². The molecule has 92 valence electrons. The fourth-order valence-corrected chi connectivity index (χ4v) is 2.19. The summed E-state index contributed by atoms with van der Waals surface area (Å²) in [7, 11) is 0. The summed E-state index contributed by atoms with van der Waals surface area (Å²) in [5.41, 5.74) is 2.36. The Kier molecular flexibility index (Phi) is 4.21. The maximum Gasteiger partial charge on any atom is 0.126 e. The fourth-order valence-electron chi connectivity index (χ4n) is 2.19. The van der Waals surface area contributed by atoms with E-state index in [1.807, 2.05) is 24.3 Å². The lowest BCUT2D eigenvalue weighted by molar-refractivity contribution is 0.206. The number of hydrogen-bond donors (Lipinski definition) is 1. The van der Waals surface area contributed by atoms with E-state index in [0.29, 0.717) is 0 Å². The van der Waals surface area contributed by atoms with Gasteiger partial charge in [-0.05, 0) is 37.3 Å². The highest BCUT2D eigenvalue weighted by atomic mass is 16.5. The van der Waals surface area contributed by atoms with E-state index < -0.39 is 0 Å². The number of rotatable bonds is 4. The average Bonchev–Trinajstić information content (AvgIpc) is 2.37. The highest BCUT2D eigenvalue weighted by Crippen LogP contribution is 2.32. The van der Waals surface area contributed by atoms with E-state index in [1.165, 1.54) is 5.57 Å². The van der Waals surface area contributed by atoms with Gasteiger partial charge in [0.05, 0.1) is 12.7 Å². The minimum Gasteiger partial charge on any atom is -0.493 e. The molecular weight excluding hydrogens is 212 g/mol.